The molecule has 1 aromatic rings. The summed E-state index contributed by atoms with van der Waals surface area (Å²) in [7, 11) is 0. The second-order valence-corrected chi connectivity index (χ2v) is 3.94. The molecule has 0 fully saturated rings. The Labute approximate surface area is 111 Å². The monoisotopic (exact) mass is 285 g/mol. The molecule has 0 aliphatic carbocycles. The van der Waals surface area contributed by atoms with Gasteiger partial charge in [0, 0.05) is 18.0 Å². The van der Waals surface area contributed by atoms with Crippen LogP contribution in [0.15, 0.2) is 48.1 Å². The highest BCUT2D eigenvalue weighted by Crippen LogP contribution is 2.26. The number of dihydropyridines is 1. The maximum Gasteiger partial charge on any atom is 0.430 e. The van der Waals surface area contributed by atoms with Crippen molar-refractivity contribution in [2.24, 2.45) is 0 Å². The third-order valence-electron chi connectivity index (χ3n) is 2.52. The molecule has 0 radical (unpaired) electrons. The van der Waals surface area contributed by atoms with Gasteiger partial charge in [0.15, 0.2) is 6.23 Å². The summed E-state index contributed by atoms with van der Waals surface area (Å²) >= 11 is 0. The number of carbonyl (C=O) groups excluding carboxylic acids is 1. The van der Waals surface area contributed by atoms with Crippen molar-refractivity contribution in [1.29, 1.82) is 0 Å². The van der Waals surface area contributed by atoms with Gasteiger partial charge in [-0.05, 0) is 24.3 Å². The summed E-state index contributed by atoms with van der Waals surface area (Å²) in [4.78, 5) is 15.5. The Kier molecular flexibility index (Phi) is 3.75. The Morgan fingerprint density at radius 3 is 2.50 bits per heavy atom. The lowest BCUT2D eigenvalue weighted by Crippen LogP contribution is -2.43. The fraction of sp³-hybridized carbons (Fsp3) is 0.167. The normalized spacial score (nSPS) is 18.7. The van der Waals surface area contributed by atoms with Crippen LogP contribution in [0.25, 0.3) is 0 Å². The Balaban J connectivity index is 2.13. The molecule has 2 rings (SSSR count). The van der Waals surface area contributed by atoms with Crippen LogP contribution in [0.3, 0.4) is 0 Å². The minimum Gasteiger partial charge on any atom is -0.368 e. The molecule has 1 aliphatic heterocycles. The van der Waals surface area contributed by atoms with Crippen molar-refractivity contribution >= 4 is 5.91 Å². The Hall–Kier alpha value is -2.35. The molecule has 0 bridgehead atoms. The summed E-state index contributed by atoms with van der Waals surface area (Å²) in [5, 5.41) is 13.7. The summed E-state index contributed by atoms with van der Waals surface area (Å²) < 4.78 is 37.2. The number of nitrogens with one attached hydrogen (secondary N) is 2. The van der Waals surface area contributed by atoms with E-state index in [2.05, 4.69) is 10.3 Å². The third kappa shape index (κ3) is 3.15. The number of halogens is 3. The van der Waals surface area contributed by atoms with Gasteiger partial charge in [-0.25, -0.2) is 0 Å². The first-order chi connectivity index (χ1) is 9.38. The van der Waals surface area contributed by atoms with Gasteiger partial charge in [-0.2, -0.15) is 13.2 Å². The highest BCUT2D eigenvalue weighted by atomic mass is 19.4. The Bertz CT molecular complexity index is 567. The van der Waals surface area contributed by atoms with E-state index in [9.17, 15) is 23.1 Å². The molecule has 1 atom stereocenters. The number of aliphatic hydroxyl groups is 1. The van der Waals surface area contributed by atoms with Gasteiger partial charge in [-0.3, -0.25) is 9.78 Å². The zero-order valence-electron chi connectivity index (χ0n) is 9.98. The van der Waals surface area contributed by atoms with Crippen molar-refractivity contribution in [2.45, 2.75) is 12.4 Å². The predicted octanol–water partition coefficient (Wildman–Crippen LogP) is 1.06. The fourth-order valence-corrected chi connectivity index (χ4v) is 1.53. The molecule has 1 amide bonds. The van der Waals surface area contributed by atoms with Crippen LogP contribution in [-0.4, -0.2) is 28.4 Å². The molecule has 3 N–H and O–H groups in total. The molecule has 2 heterocycles. The average molecular weight is 285 g/mol. The van der Waals surface area contributed by atoms with Crippen molar-refractivity contribution in [3.8, 4) is 0 Å². The molecule has 0 saturated heterocycles. The summed E-state index contributed by atoms with van der Waals surface area (Å²) in [6, 6.07) is 2.88. The number of carbonyl (C=O) groups is 1. The molecule has 1 unspecified atom stereocenters. The van der Waals surface area contributed by atoms with Gasteiger partial charge in [-0.1, -0.05) is 0 Å². The van der Waals surface area contributed by atoms with Crippen molar-refractivity contribution in [3.63, 3.8) is 0 Å². The highest BCUT2D eigenvalue weighted by Gasteiger charge is 2.36. The summed E-state index contributed by atoms with van der Waals surface area (Å²) in [5.74, 6) is -0.552. The number of pyridine rings is 1. The van der Waals surface area contributed by atoms with E-state index in [1.165, 1.54) is 24.5 Å². The standard InChI is InChI=1S/C12H10F3N3O2/c13-12(14,15)9-2-1-8(11(20)18-9)17-10(19)7-3-5-16-6-4-7/h1-6,11,18,20H,(H,17,19). The van der Waals surface area contributed by atoms with Gasteiger partial charge in [-0.15, -0.1) is 0 Å². The van der Waals surface area contributed by atoms with Crippen molar-refractivity contribution < 1.29 is 23.1 Å². The van der Waals surface area contributed by atoms with E-state index in [0.29, 0.717) is 0 Å². The van der Waals surface area contributed by atoms with E-state index in [-0.39, 0.29) is 11.3 Å². The molecule has 1 aliphatic rings. The number of hydrogen-bond donors (Lipinski definition) is 3. The highest BCUT2D eigenvalue weighted by molar-refractivity contribution is 5.95. The molecule has 0 saturated carbocycles. The lowest BCUT2D eigenvalue weighted by Gasteiger charge is -2.24. The molecule has 106 valence electrons. The van der Waals surface area contributed by atoms with Gasteiger partial charge in [0.05, 0.1) is 5.70 Å². The van der Waals surface area contributed by atoms with Crippen molar-refractivity contribution in [1.82, 2.24) is 15.6 Å². The number of amides is 1. The largest absolute Gasteiger partial charge is 0.430 e. The first-order valence-corrected chi connectivity index (χ1v) is 5.53. The van der Waals surface area contributed by atoms with Crippen molar-refractivity contribution in [3.05, 3.63) is 53.6 Å². The molecule has 1 aromatic heterocycles. The Morgan fingerprint density at radius 1 is 1.30 bits per heavy atom. The maximum atomic E-state index is 12.4. The molecule has 0 aromatic carbocycles. The quantitative estimate of drug-likeness (QED) is 0.759. The minimum absolute atomic E-state index is 0.0696. The fourth-order valence-electron chi connectivity index (χ4n) is 1.53. The van der Waals surface area contributed by atoms with Crippen LogP contribution in [-0.2, 0) is 0 Å². The number of hydrogen-bond acceptors (Lipinski definition) is 4. The van der Waals surface area contributed by atoms with Gasteiger partial charge in [0.1, 0.15) is 5.70 Å². The van der Waals surface area contributed by atoms with Crippen LogP contribution in [0.5, 0.6) is 0 Å². The summed E-state index contributed by atoms with van der Waals surface area (Å²) in [6.07, 6.45) is -1.67. The number of rotatable bonds is 2. The van der Waals surface area contributed by atoms with Crippen LogP contribution < -0.4 is 10.6 Å². The van der Waals surface area contributed by atoms with E-state index in [1.807, 2.05) is 5.32 Å². The van der Waals surface area contributed by atoms with Crippen LogP contribution in [0.2, 0.25) is 0 Å². The van der Waals surface area contributed by atoms with Gasteiger partial charge < -0.3 is 15.7 Å². The SMILES string of the molecule is O=C(NC1=CC=C(C(F)(F)F)NC1O)c1ccncc1. The molecular weight excluding hydrogens is 275 g/mol. The molecule has 8 heteroatoms. The molecule has 0 spiro atoms. The summed E-state index contributed by atoms with van der Waals surface area (Å²) in [5.41, 5.74) is -0.870. The van der Waals surface area contributed by atoms with Crippen LogP contribution in [0.4, 0.5) is 13.2 Å². The predicted molar refractivity (Wildman–Crippen MR) is 63.1 cm³/mol. The van der Waals surface area contributed by atoms with Gasteiger partial charge >= 0.3 is 6.18 Å². The zero-order valence-corrected chi connectivity index (χ0v) is 9.98. The van der Waals surface area contributed by atoms with E-state index < -0.39 is 24.0 Å². The molecule has 20 heavy (non-hydrogen) atoms. The maximum absolute atomic E-state index is 12.4. The first-order valence-electron chi connectivity index (χ1n) is 5.53. The van der Waals surface area contributed by atoms with Crippen LogP contribution in [0, 0.1) is 0 Å². The van der Waals surface area contributed by atoms with Crippen molar-refractivity contribution in [2.75, 3.05) is 0 Å². The second kappa shape index (κ2) is 5.33. The van der Waals surface area contributed by atoms with E-state index >= 15 is 0 Å². The third-order valence-corrected chi connectivity index (χ3v) is 2.52. The zero-order chi connectivity index (χ0) is 14.8. The van der Waals surface area contributed by atoms with E-state index in [0.717, 1.165) is 12.2 Å². The number of aromatic nitrogens is 1. The van der Waals surface area contributed by atoms with Gasteiger partial charge in [0.2, 0.25) is 0 Å². The smallest absolute Gasteiger partial charge is 0.368 e. The topological polar surface area (TPSA) is 74.2 Å². The number of nitrogens with zero attached hydrogens (tertiary/aromatic N) is 1. The Morgan fingerprint density at radius 2 is 1.95 bits per heavy atom. The number of allylic oxidation sites excluding steroid dienone is 3. The average Bonchev–Trinajstić information content (AvgIpc) is 2.41. The lowest BCUT2D eigenvalue weighted by atomic mass is 10.2. The van der Waals surface area contributed by atoms with E-state index in [4.69, 9.17) is 0 Å². The van der Waals surface area contributed by atoms with E-state index in [1.54, 1.807) is 0 Å². The lowest BCUT2D eigenvalue weighted by molar-refractivity contribution is -0.101. The van der Waals surface area contributed by atoms with Crippen LogP contribution >= 0.6 is 0 Å². The first kappa shape index (κ1) is 14.1. The summed E-state index contributed by atoms with van der Waals surface area (Å²) in [6.45, 7) is 0. The molecular formula is C12H10F3N3O2. The molecule has 5 nitrogen and oxygen atoms in total. The minimum atomic E-state index is -4.59. The number of alkyl halides is 3. The second-order valence-electron chi connectivity index (χ2n) is 3.94. The number of aliphatic hydroxyl groups excluding tert-OH is 1. The van der Waals surface area contributed by atoms with Gasteiger partial charge in [0.25, 0.3) is 5.91 Å². The van der Waals surface area contributed by atoms with Crippen LogP contribution in [0.1, 0.15) is 10.4 Å².